The number of amides is 2. The van der Waals surface area contributed by atoms with Gasteiger partial charge in [0.25, 0.3) is 11.8 Å². The summed E-state index contributed by atoms with van der Waals surface area (Å²) in [6.07, 6.45) is 4.12. The van der Waals surface area contributed by atoms with Gasteiger partial charge in [-0.25, -0.2) is 8.42 Å². The highest BCUT2D eigenvalue weighted by molar-refractivity contribution is 9.10. The Balaban J connectivity index is 1.47. The second-order valence-corrected chi connectivity index (χ2v) is 12.0. The van der Waals surface area contributed by atoms with Crippen LogP contribution in [0.5, 0.6) is 5.75 Å². The SMILES string of the molecule is O=C(COc1ccc(Br)cc1)Nc1sc2c(c1C(=O)N[C@H]1CCS(=O)(=O)C1)CCCC2. The zero-order chi connectivity index (χ0) is 22.0. The number of benzene rings is 1. The number of sulfone groups is 1. The minimum Gasteiger partial charge on any atom is -0.484 e. The molecule has 2 amide bonds. The van der Waals surface area contributed by atoms with Gasteiger partial charge in [-0.1, -0.05) is 15.9 Å². The number of hydrogen-bond donors (Lipinski definition) is 2. The molecule has 7 nitrogen and oxygen atoms in total. The van der Waals surface area contributed by atoms with Gasteiger partial charge in [-0.2, -0.15) is 0 Å². The Labute approximate surface area is 193 Å². The summed E-state index contributed by atoms with van der Waals surface area (Å²) in [5.41, 5.74) is 1.44. The van der Waals surface area contributed by atoms with Crippen molar-refractivity contribution in [3.63, 3.8) is 0 Å². The molecule has 1 atom stereocenters. The summed E-state index contributed by atoms with van der Waals surface area (Å²) in [4.78, 5) is 26.7. The number of thiophene rings is 1. The van der Waals surface area contributed by atoms with Gasteiger partial charge < -0.3 is 15.4 Å². The number of ether oxygens (including phenoxy) is 1. The normalized spacial score (nSPS) is 19.5. The first-order valence-electron chi connectivity index (χ1n) is 10.1. The number of hydrogen-bond acceptors (Lipinski definition) is 6. The first-order valence-corrected chi connectivity index (χ1v) is 13.6. The van der Waals surface area contributed by atoms with E-state index < -0.39 is 9.84 Å². The molecule has 4 rings (SSSR count). The van der Waals surface area contributed by atoms with Crippen LogP contribution in [0.25, 0.3) is 0 Å². The van der Waals surface area contributed by atoms with Crippen LogP contribution in [0.2, 0.25) is 0 Å². The number of aryl methyl sites for hydroxylation is 1. The average molecular weight is 527 g/mol. The van der Waals surface area contributed by atoms with E-state index in [2.05, 4.69) is 26.6 Å². The molecule has 166 valence electrons. The average Bonchev–Trinajstić information content (AvgIpc) is 3.26. The van der Waals surface area contributed by atoms with Gasteiger partial charge in [-0.05, 0) is 61.9 Å². The second-order valence-electron chi connectivity index (χ2n) is 7.78. The van der Waals surface area contributed by atoms with Crippen molar-refractivity contribution in [1.29, 1.82) is 0 Å². The Morgan fingerprint density at radius 2 is 1.90 bits per heavy atom. The summed E-state index contributed by atoms with van der Waals surface area (Å²) < 4.78 is 29.9. The van der Waals surface area contributed by atoms with E-state index in [9.17, 15) is 18.0 Å². The van der Waals surface area contributed by atoms with E-state index in [1.807, 2.05) is 12.1 Å². The largest absolute Gasteiger partial charge is 0.484 e. The molecule has 0 bridgehead atoms. The van der Waals surface area contributed by atoms with Gasteiger partial charge in [0.15, 0.2) is 16.4 Å². The lowest BCUT2D eigenvalue weighted by Crippen LogP contribution is -2.36. The van der Waals surface area contributed by atoms with Crippen molar-refractivity contribution < 1.29 is 22.7 Å². The van der Waals surface area contributed by atoms with Crippen LogP contribution in [0.15, 0.2) is 28.7 Å². The quantitative estimate of drug-likeness (QED) is 0.601. The molecule has 0 saturated carbocycles. The summed E-state index contributed by atoms with van der Waals surface area (Å²) >= 11 is 4.78. The zero-order valence-electron chi connectivity index (χ0n) is 16.8. The lowest BCUT2D eigenvalue weighted by Gasteiger charge is -2.15. The van der Waals surface area contributed by atoms with Crippen molar-refractivity contribution in [2.24, 2.45) is 0 Å². The van der Waals surface area contributed by atoms with E-state index in [1.165, 1.54) is 11.3 Å². The van der Waals surface area contributed by atoms with E-state index in [4.69, 9.17) is 4.74 Å². The van der Waals surface area contributed by atoms with E-state index in [1.54, 1.807) is 12.1 Å². The van der Waals surface area contributed by atoms with Crippen LogP contribution in [0.1, 0.15) is 40.1 Å². The van der Waals surface area contributed by atoms with Crippen LogP contribution in [0.3, 0.4) is 0 Å². The monoisotopic (exact) mass is 526 g/mol. The molecule has 2 N–H and O–H groups in total. The predicted molar refractivity (Wildman–Crippen MR) is 124 cm³/mol. The molecule has 2 heterocycles. The Morgan fingerprint density at radius 3 is 2.61 bits per heavy atom. The number of carbonyl (C=O) groups excluding carboxylic acids is 2. The summed E-state index contributed by atoms with van der Waals surface area (Å²) in [7, 11) is -3.09. The highest BCUT2D eigenvalue weighted by Gasteiger charge is 2.32. The number of fused-ring (bicyclic) bond motifs is 1. The van der Waals surface area contributed by atoms with Crippen molar-refractivity contribution in [2.75, 3.05) is 23.4 Å². The van der Waals surface area contributed by atoms with Crippen LogP contribution in [-0.2, 0) is 27.5 Å². The third-order valence-electron chi connectivity index (χ3n) is 5.40. The van der Waals surface area contributed by atoms with Gasteiger partial charge in [0.05, 0.1) is 17.1 Å². The third kappa shape index (κ3) is 5.48. The number of carbonyl (C=O) groups is 2. The smallest absolute Gasteiger partial charge is 0.262 e. The van der Waals surface area contributed by atoms with Crippen molar-refractivity contribution in [2.45, 2.75) is 38.1 Å². The molecule has 0 radical (unpaired) electrons. The fourth-order valence-corrected chi connectivity index (χ4v) is 7.14. The maximum atomic E-state index is 13.1. The van der Waals surface area contributed by atoms with Crippen LogP contribution >= 0.6 is 27.3 Å². The number of nitrogens with one attached hydrogen (secondary N) is 2. The molecule has 0 spiro atoms. The first kappa shape index (κ1) is 22.3. The van der Waals surface area contributed by atoms with Crippen LogP contribution in [0.4, 0.5) is 5.00 Å². The number of anilines is 1. The lowest BCUT2D eigenvalue weighted by molar-refractivity contribution is -0.118. The molecule has 2 aliphatic rings. The molecule has 10 heteroatoms. The molecule has 1 aliphatic carbocycles. The third-order valence-corrected chi connectivity index (χ3v) is 8.91. The number of halogens is 1. The predicted octanol–water partition coefficient (Wildman–Crippen LogP) is 3.32. The summed E-state index contributed by atoms with van der Waals surface area (Å²) in [6, 6.07) is 6.78. The maximum Gasteiger partial charge on any atom is 0.262 e. The topological polar surface area (TPSA) is 102 Å². The first-order chi connectivity index (χ1) is 14.8. The van der Waals surface area contributed by atoms with Gasteiger partial charge in [0, 0.05) is 15.4 Å². The summed E-state index contributed by atoms with van der Waals surface area (Å²) in [5.74, 6) is -0.0290. The van der Waals surface area contributed by atoms with Crippen LogP contribution < -0.4 is 15.4 Å². The van der Waals surface area contributed by atoms with E-state index in [0.29, 0.717) is 22.7 Å². The molecule has 1 fully saturated rings. The minimum absolute atomic E-state index is 0.0339. The van der Waals surface area contributed by atoms with Crippen molar-refractivity contribution in [3.8, 4) is 5.75 Å². The van der Waals surface area contributed by atoms with E-state index in [-0.39, 0.29) is 36.0 Å². The van der Waals surface area contributed by atoms with Crippen molar-refractivity contribution in [3.05, 3.63) is 44.7 Å². The highest BCUT2D eigenvalue weighted by Crippen LogP contribution is 2.38. The number of rotatable bonds is 6. The minimum atomic E-state index is -3.09. The fraction of sp³-hybridized carbons (Fsp3) is 0.429. The lowest BCUT2D eigenvalue weighted by atomic mass is 9.95. The Kier molecular flexibility index (Phi) is 6.68. The molecule has 31 heavy (non-hydrogen) atoms. The van der Waals surface area contributed by atoms with Crippen LogP contribution in [0, 0.1) is 0 Å². The standard InChI is InChI=1S/C21H23BrN2O5S2/c22-13-5-7-15(8-6-13)29-11-18(25)24-21-19(16-3-1-2-4-17(16)30-21)20(26)23-14-9-10-31(27,28)12-14/h5-8,14H,1-4,9-12H2,(H,23,26)(H,24,25)/t14-/m0/s1. The summed E-state index contributed by atoms with van der Waals surface area (Å²) in [5, 5.41) is 6.21. The second kappa shape index (κ2) is 9.30. The van der Waals surface area contributed by atoms with E-state index in [0.717, 1.165) is 40.6 Å². The van der Waals surface area contributed by atoms with Gasteiger partial charge in [-0.15, -0.1) is 11.3 Å². The fourth-order valence-electron chi connectivity index (χ4n) is 3.90. The van der Waals surface area contributed by atoms with Gasteiger partial charge in [0.2, 0.25) is 0 Å². The highest BCUT2D eigenvalue weighted by atomic mass is 79.9. The van der Waals surface area contributed by atoms with E-state index >= 15 is 0 Å². The molecule has 1 aliphatic heterocycles. The van der Waals surface area contributed by atoms with Crippen LogP contribution in [-0.4, -0.2) is 44.4 Å². The zero-order valence-corrected chi connectivity index (χ0v) is 20.0. The molecule has 1 aromatic carbocycles. The Morgan fingerprint density at radius 1 is 1.16 bits per heavy atom. The van der Waals surface area contributed by atoms with Crippen molar-refractivity contribution in [1.82, 2.24) is 5.32 Å². The van der Waals surface area contributed by atoms with Gasteiger partial charge in [-0.3, -0.25) is 9.59 Å². The van der Waals surface area contributed by atoms with Crippen molar-refractivity contribution >= 4 is 53.9 Å². The molecule has 1 aromatic heterocycles. The molecular weight excluding hydrogens is 504 g/mol. The Bertz CT molecular complexity index is 1100. The molecule has 0 unspecified atom stereocenters. The molecule has 2 aromatic rings. The van der Waals surface area contributed by atoms with Gasteiger partial charge in [0.1, 0.15) is 10.8 Å². The Hall–Kier alpha value is -1.91. The van der Waals surface area contributed by atoms with Gasteiger partial charge >= 0.3 is 0 Å². The maximum absolute atomic E-state index is 13.1. The molecular formula is C21H23BrN2O5S2. The summed E-state index contributed by atoms with van der Waals surface area (Å²) in [6.45, 7) is -0.174. The molecule has 1 saturated heterocycles.